The van der Waals surface area contributed by atoms with Gasteiger partial charge in [0, 0.05) is 18.0 Å². The molecule has 0 radical (unpaired) electrons. The SMILES string of the molecule is COc1cccc(F)c1C(O)c1cccnc1. The molecular weight excluding hydrogens is 221 g/mol. The zero-order valence-corrected chi connectivity index (χ0v) is 9.30. The Bertz CT molecular complexity index is 502. The van der Waals surface area contributed by atoms with E-state index in [0.717, 1.165) is 0 Å². The van der Waals surface area contributed by atoms with Gasteiger partial charge in [-0.1, -0.05) is 12.1 Å². The van der Waals surface area contributed by atoms with Gasteiger partial charge in [-0.3, -0.25) is 4.98 Å². The van der Waals surface area contributed by atoms with Crippen LogP contribution in [0.3, 0.4) is 0 Å². The van der Waals surface area contributed by atoms with Crippen molar-refractivity contribution in [2.75, 3.05) is 7.11 Å². The average molecular weight is 233 g/mol. The molecule has 0 amide bonds. The highest BCUT2D eigenvalue weighted by atomic mass is 19.1. The van der Waals surface area contributed by atoms with Gasteiger partial charge < -0.3 is 9.84 Å². The largest absolute Gasteiger partial charge is 0.496 e. The third kappa shape index (κ3) is 2.26. The molecule has 0 saturated heterocycles. The number of aliphatic hydroxyl groups excluding tert-OH is 1. The quantitative estimate of drug-likeness (QED) is 0.884. The second-order valence-corrected chi connectivity index (χ2v) is 3.54. The minimum atomic E-state index is -1.08. The summed E-state index contributed by atoms with van der Waals surface area (Å²) in [5.41, 5.74) is 0.652. The molecule has 0 spiro atoms. The summed E-state index contributed by atoms with van der Waals surface area (Å²) in [6, 6.07) is 7.80. The summed E-state index contributed by atoms with van der Waals surface area (Å²) >= 11 is 0. The Balaban J connectivity index is 2.47. The normalized spacial score (nSPS) is 12.2. The number of pyridine rings is 1. The average Bonchev–Trinajstić information content (AvgIpc) is 2.38. The number of nitrogens with zero attached hydrogens (tertiary/aromatic N) is 1. The summed E-state index contributed by atoms with van der Waals surface area (Å²) in [5.74, 6) is -0.179. The third-order valence-electron chi connectivity index (χ3n) is 2.51. The van der Waals surface area contributed by atoms with E-state index in [0.29, 0.717) is 11.3 Å². The van der Waals surface area contributed by atoms with Crippen LogP contribution in [0.25, 0.3) is 0 Å². The first-order chi connectivity index (χ1) is 8.24. The van der Waals surface area contributed by atoms with Crippen molar-refractivity contribution in [3.05, 3.63) is 59.7 Å². The van der Waals surface area contributed by atoms with Crippen molar-refractivity contribution in [3.63, 3.8) is 0 Å². The first-order valence-corrected chi connectivity index (χ1v) is 5.14. The number of hydrogen-bond donors (Lipinski definition) is 1. The molecule has 1 atom stereocenters. The number of methoxy groups -OCH3 is 1. The standard InChI is InChI=1S/C13H12FNO2/c1-17-11-6-2-5-10(14)12(11)13(16)9-4-3-7-15-8-9/h2-8,13,16H,1H3. The van der Waals surface area contributed by atoms with E-state index in [1.807, 2.05) is 0 Å². The molecule has 2 rings (SSSR count). The van der Waals surface area contributed by atoms with Crippen LogP contribution in [0.5, 0.6) is 5.75 Å². The van der Waals surface area contributed by atoms with Crippen LogP contribution in [-0.4, -0.2) is 17.2 Å². The summed E-state index contributed by atoms with van der Waals surface area (Å²) in [7, 11) is 1.44. The Morgan fingerprint density at radius 3 is 2.76 bits per heavy atom. The Labute approximate surface area is 98.5 Å². The summed E-state index contributed by atoms with van der Waals surface area (Å²) < 4.78 is 18.8. The number of rotatable bonds is 3. The highest BCUT2D eigenvalue weighted by Crippen LogP contribution is 2.31. The minimum absolute atomic E-state index is 0.128. The molecule has 0 aliphatic carbocycles. The van der Waals surface area contributed by atoms with Gasteiger partial charge in [0.2, 0.25) is 0 Å². The van der Waals surface area contributed by atoms with Crippen molar-refractivity contribution in [2.24, 2.45) is 0 Å². The number of ether oxygens (including phenoxy) is 1. The molecule has 0 bridgehead atoms. The zero-order valence-electron chi connectivity index (χ0n) is 9.30. The van der Waals surface area contributed by atoms with Crippen LogP contribution in [0.1, 0.15) is 17.2 Å². The van der Waals surface area contributed by atoms with Gasteiger partial charge in [0.25, 0.3) is 0 Å². The predicted molar refractivity (Wildman–Crippen MR) is 61.3 cm³/mol. The lowest BCUT2D eigenvalue weighted by molar-refractivity contribution is 0.208. The van der Waals surface area contributed by atoms with E-state index in [2.05, 4.69) is 4.98 Å². The number of aliphatic hydroxyl groups is 1. The van der Waals surface area contributed by atoms with E-state index >= 15 is 0 Å². The zero-order chi connectivity index (χ0) is 12.3. The predicted octanol–water partition coefficient (Wildman–Crippen LogP) is 2.31. The first kappa shape index (κ1) is 11.5. The van der Waals surface area contributed by atoms with Crippen molar-refractivity contribution in [2.45, 2.75) is 6.10 Å². The molecule has 1 N–H and O–H groups in total. The Morgan fingerprint density at radius 2 is 2.12 bits per heavy atom. The summed E-state index contributed by atoms with van der Waals surface area (Å²) in [4.78, 5) is 3.89. The highest BCUT2D eigenvalue weighted by Gasteiger charge is 2.19. The van der Waals surface area contributed by atoms with E-state index in [1.165, 1.54) is 25.4 Å². The second kappa shape index (κ2) is 4.93. The molecule has 0 fully saturated rings. The molecule has 1 heterocycles. The van der Waals surface area contributed by atoms with Crippen LogP contribution >= 0.6 is 0 Å². The van der Waals surface area contributed by atoms with Crippen molar-refractivity contribution in [1.29, 1.82) is 0 Å². The molecule has 0 aliphatic rings. The van der Waals surface area contributed by atoms with Crippen LogP contribution in [0.2, 0.25) is 0 Å². The number of halogens is 1. The monoisotopic (exact) mass is 233 g/mol. The van der Waals surface area contributed by atoms with E-state index < -0.39 is 11.9 Å². The maximum absolute atomic E-state index is 13.7. The molecule has 17 heavy (non-hydrogen) atoms. The van der Waals surface area contributed by atoms with Crippen molar-refractivity contribution in [1.82, 2.24) is 4.98 Å². The van der Waals surface area contributed by atoms with Crippen molar-refractivity contribution >= 4 is 0 Å². The summed E-state index contributed by atoms with van der Waals surface area (Å²) in [5, 5.41) is 10.1. The van der Waals surface area contributed by atoms with Gasteiger partial charge in [-0.2, -0.15) is 0 Å². The van der Waals surface area contributed by atoms with Crippen LogP contribution in [0, 0.1) is 5.82 Å². The van der Waals surface area contributed by atoms with Crippen LogP contribution in [0.4, 0.5) is 4.39 Å². The number of hydrogen-bond acceptors (Lipinski definition) is 3. The first-order valence-electron chi connectivity index (χ1n) is 5.14. The Kier molecular flexibility index (Phi) is 3.35. The van der Waals surface area contributed by atoms with Gasteiger partial charge in [0.05, 0.1) is 12.7 Å². The summed E-state index contributed by atoms with van der Waals surface area (Å²) in [6.45, 7) is 0. The third-order valence-corrected chi connectivity index (χ3v) is 2.51. The molecule has 1 aromatic heterocycles. The molecule has 1 unspecified atom stereocenters. The fourth-order valence-electron chi connectivity index (χ4n) is 1.66. The lowest BCUT2D eigenvalue weighted by Gasteiger charge is -2.15. The van der Waals surface area contributed by atoms with E-state index in [-0.39, 0.29) is 5.56 Å². The van der Waals surface area contributed by atoms with E-state index in [4.69, 9.17) is 4.74 Å². The topological polar surface area (TPSA) is 42.4 Å². The van der Waals surface area contributed by atoms with Gasteiger partial charge in [0.1, 0.15) is 17.7 Å². The second-order valence-electron chi connectivity index (χ2n) is 3.54. The Morgan fingerprint density at radius 1 is 1.29 bits per heavy atom. The fraction of sp³-hybridized carbons (Fsp3) is 0.154. The van der Waals surface area contributed by atoms with E-state index in [9.17, 15) is 9.50 Å². The van der Waals surface area contributed by atoms with Gasteiger partial charge in [0.15, 0.2) is 0 Å². The lowest BCUT2D eigenvalue weighted by Crippen LogP contribution is -2.05. The lowest BCUT2D eigenvalue weighted by atomic mass is 10.0. The molecule has 0 saturated carbocycles. The molecule has 2 aromatic rings. The maximum Gasteiger partial charge on any atom is 0.133 e. The number of benzene rings is 1. The molecule has 1 aromatic carbocycles. The molecule has 88 valence electrons. The molecule has 0 aliphatic heterocycles. The van der Waals surface area contributed by atoms with Crippen LogP contribution in [0.15, 0.2) is 42.7 Å². The van der Waals surface area contributed by atoms with Gasteiger partial charge in [-0.15, -0.1) is 0 Å². The highest BCUT2D eigenvalue weighted by molar-refractivity contribution is 5.40. The van der Waals surface area contributed by atoms with Gasteiger partial charge in [-0.05, 0) is 18.2 Å². The molecule has 4 heteroatoms. The fourth-order valence-corrected chi connectivity index (χ4v) is 1.66. The van der Waals surface area contributed by atoms with Gasteiger partial charge in [-0.25, -0.2) is 4.39 Å². The van der Waals surface area contributed by atoms with E-state index in [1.54, 1.807) is 24.4 Å². The van der Waals surface area contributed by atoms with Crippen molar-refractivity contribution < 1.29 is 14.2 Å². The minimum Gasteiger partial charge on any atom is -0.496 e. The smallest absolute Gasteiger partial charge is 0.133 e. The summed E-state index contributed by atoms with van der Waals surface area (Å²) in [6.07, 6.45) is 2.01. The Hall–Kier alpha value is -1.94. The van der Waals surface area contributed by atoms with Crippen LogP contribution < -0.4 is 4.74 Å². The number of aromatic nitrogens is 1. The maximum atomic E-state index is 13.7. The van der Waals surface area contributed by atoms with Crippen LogP contribution in [-0.2, 0) is 0 Å². The van der Waals surface area contributed by atoms with Crippen molar-refractivity contribution in [3.8, 4) is 5.75 Å². The molecule has 3 nitrogen and oxygen atoms in total. The molecular formula is C13H12FNO2. The van der Waals surface area contributed by atoms with Gasteiger partial charge >= 0.3 is 0 Å².